The summed E-state index contributed by atoms with van der Waals surface area (Å²) >= 11 is 1.30. The fourth-order valence-electron chi connectivity index (χ4n) is 6.09. The van der Waals surface area contributed by atoms with Gasteiger partial charge in [0.15, 0.2) is 11.4 Å². The molecule has 0 bridgehead atoms. The molecule has 52 heavy (non-hydrogen) atoms. The Morgan fingerprint density at radius 3 is 2.58 bits per heavy atom. The molecular formula is C36H51N5O9S2. The number of aromatic nitrogens is 1. The monoisotopic (exact) mass is 761 g/mol. The van der Waals surface area contributed by atoms with Crippen molar-refractivity contribution in [1.29, 1.82) is 0 Å². The summed E-state index contributed by atoms with van der Waals surface area (Å²) in [7, 11) is -2.43. The summed E-state index contributed by atoms with van der Waals surface area (Å²) in [4.78, 5) is 31.6. The Kier molecular flexibility index (Phi) is 13.0. The van der Waals surface area contributed by atoms with Crippen molar-refractivity contribution in [3.8, 4) is 0 Å². The third kappa shape index (κ3) is 10.5. The normalized spacial score (nSPS) is 20.1. The van der Waals surface area contributed by atoms with Gasteiger partial charge in [-0.2, -0.15) is 4.31 Å². The second-order valence-corrected chi connectivity index (χ2v) is 17.6. The lowest BCUT2D eigenvalue weighted by molar-refractivity contribution is -0.0907. The number of likely N-dealkylation sites (N-methyl/N-ethyl adjacent to an activating group) is 1. The van der Waals surface area contributed by atoms with E-state index in [0.717, 1.165) is 12.0 Å². The number of nitrogens with zero attached hydrogens (tertiary/aromatic N) is 3. The number of carbonyl (C=O) groups excluding carboxylic acids is 2. The van der Waals surface area contributed by atoms with Gasteiger partial charge in [0, 0.05) is 33.2 Å². The summed E-state index contributed by atoms with van der Waals surface area (Å²) in [6, 6.07) is 13.3. The quantitative estimate of drug-likeness (QED) is 0.197. The van der Waals surface area contributed by atoms with E-state index in [2.05, 4.69) is 15.6 Å². The van der Waals surface area contributed by atoms with Gasteiger partial charge in [0.05, 0.1) is 46.4 Å². The number of aliphatic hydroxyl groups excluding tert-OH is 1. The number of ether oxygens (including phenoxy) is 4. The molecule has 16 heteroatoms. The number of carbonyl (C=O) groups is 2. The van der Waals surface area contributed by atoms with E-state index in [1.165, 1.54) is 26.6 Å². The van der Waals surface area contributed by atoms with Gasteiger partial charge in [0.25, 0.3) is 0 Å². The zero-order chi connectivity index (χ0) is 37.6. The summed E-state index contributed by atoms with van der Waals surface area (Å²) in [5, 5.41) is 18.2. The number of nitrogens with one attached hydrogen (secondary N) is 2. The molecule has 2 aliphatic heterocycles. The summed E-state index contributed by atoms with van der Waals surface area (Å²) in [6.45, 7) is 10.7. The van der Waals surface area contributed by atoms with E-state index in [0.29, 0.717) is 35.0 Å². The van der Waals surface area contributed by atoms with Crippen molar-refractivity contribution in [1.82, 2.24) is 19.5 Å². The second-order valence-electron chi connectivity index (χ2n) is 14.7. The molecule has 0 radical (unpaired) electrons. The molecule has 0 aliphatic carbocycles. The first-order chi connectivity index (χ1) is 24.6. The number of thiazole rings is 1. The molecule has 14 nitrogen and oxygen atoms in total. The van der Waals surface area contributed by atoms with E-state index in [-0.39, 0.29) is 49.1 Å². The molecule has 5 atom stereocenters. The van der Waals surface area contributed by atoms with Gasteiger partial charge < -0.3 is 39.6 Å². The van der Waals surface area contributed by atoms with Crippen LogP contribution in [0.15, 0.2) is 53.4 Å². The van der Waals surface area contributed by atoms with E-state index in [9.17, 15) is 23.1 Å². The number of sulfonamides is 1. The van der Waals surface area contributed by atoms with E-state index in [1.54, 1.807) is 19.2 Å². The molecule has 2 fully saturated rings. The van der Waals surface area contributed by atoms with Gasteiger partial charge in [-0.05, 0) is 63.3 Å². The lowest BCUT2D eigenvalue weighted by Crippen LogP contribution is -2.51. The number of alkyl carbamates (subject to hydrolysis) is 1. The fourth-order valence-corrected chi connectivity index (χ4v) is 8.74. The zero-order valence-corrected chi connectivity index (χ0v) is 32.2. The average molecular weight is 762 g/mol. The van der Waals surface area contributed by atoms with Crippen molar-refractivity contribution in [2.24, 2.45) is 11.8 Å². The van der Waals surface area contributed by atoms with E-state index in [4.69, 9.17) is 18.9 Å². The Morgan fingerprint density at radius 2 is 1.87 bits per heavy atom. The Labute approximate surface area is 309 Å². The van der Waals surface area contributed by atoms with Gasteiger partial charge in [-0.3, -0.25) is 0 Å². The molecule has 2 saturated heterocycles. The number of anilines is 1. The van der Waals surface area contributed by atoms with Crippen LogP contribution in [-0.2, 0) is 35.4 Å². The van der Waals surface area contributed by atoms with Crippen molar-refractivity contribution in [2.45, 2.75) is 82.5 Å². The zero-order valence-electron chi connectivity index (χ0n) is 30.6. The molecule has 3 heterocycles. The summed E-state index contributed by atoms with van der Waals surface area (Å²) in [6.07, 6.45) is -2.30. The van der Waals surface area contributed by atoms with Crippen molar-refractivity contribution in [3.63, 3.8) is 0 Å². The van der Waals surface area contributed by atoms with Gasteiger partial charge >= 0.3 is 12.2 Å². The van der Waals surface area contributed by atoms with Gasteiger partial charge in [-0.25, -0.2) is 23.0 Å². The number of benzene rings is 2. The third-order valence-electron chi connectivity index (χ3n) is 8.70. The fraction of sp³-hybridized carbons (Fsp3) is 0.583. The van der Waals surface area contributed by atoms with Crippen LogP contribution >= 0.6 is 11.3 Å². The molecule has 0 saturated carbocycles. The Hall–Kier alpha value is -3.54. The molecule has 1 aromatic heterocycles. The van der Waals surface area contributed by atoms with Crippen LogP contribution in [0.25, 0.3) is 10.2 Å². The molecule has 2 aromatic carbocycles. The van der Waals surface area contributed by atoms with Crippen LogP contribution in [-0.4, -0.2) is 116 Å². The molecule has 3 N–H and O–H groups in total. The topological polar surface area (TPSA) is 169 Å². The lowest BCUT2D eigenvalue weighted by Gasteiger charge is -2.31. The number of amides is 2. The lowest BCUT2D eigenvalue weighted by atomic mass is 10.0. The minimum atomic E-state index is -4.09. The highest BCUT2D eigenvalue weighted by atomic mass is 32.2. The van der Waals surface area contributed by atoms with Gasteiger partial charge in [0.1, 0.15) is 11.7 Å². The largest absolute Gasteiger partial charge is 0.444 e. The predicted octanol–water partition coefficient (Wildman–Crippen LogP) is 4.68. The molecule has 0 spiro atoms. The first-order valence-corrected chi connectivity index (χ1v) is 19.9. The summed E-state index contributed by atoms with van der Waals surface area (Å²) in [5.41, 5.74) is 0.883. The maximum atomic E-state index is 14.2. The molecule has 2 amide bonds. The standard InChI is InChI=1S/C36H51N5O9S2/c1-23(2)20-41(21-29(42)28(18-24-10-8-7-9-11-24)39-34(43)49-30-22-48-32-26(30)14-17-47-32)52(45,46)25-12-13-27-31(19-25)51-33(38-27)37-15-16-40(6)35(44)50-36(3,4)5/h7-13,19,23,26,28-30,32,42H,14-18,20-22H2,1-6H3,(H,37,38)(H,39,43)/t26-,28-,29+,30-,32+/m0/s1. The van der Waals surface area contributed by atoms with Crippen LogP contribution in [0.4, 0.5) is 14.7 Å². The molecule has 2 aliphatic rings. The van der Waals surface area contributed by atoms with Crippen LogP contribution in [0, 0.1) is 11.8 Å². The van der Waals surface area contributed by atoms with Crippen LogP contribution in [0.3, 0.4) is 0 Å². The number of aliphatic hydroxyl groups is 1. The molecule has 3 aromatic rings. The smallest absolute Gasteiger partial charge is 0.410 e. The Morgan fingerprint density at radius 1 is 1.12 bits per heavy atom. The minimum Gasteiger partial charge on any atom is -0.444 e. The van der Waals surface area contributed by atoms with E-state index in [1.807, 2.05) is 65.0 Å². The first kappa shape index (κ1) is 39.7. The number of rotatable bonds is 15. The molecule has 0 unspecified atom stereocenters. The van der Waals surface area contributed by atoms with Gasteiger partial charge in [-0.15, -0.1) is 0 Å². The van der Waals surface area contributed by atoms with E-state index >= 15 is 0 Å². The summed E-state index contributed by atoms with van der Waals surface area (Å²) < 4.78 is 52.6. The molecular weight excluding hydrogens is 711 g/mol. The second kappa shape index (κ2) is 17.1. The van der Waals surface area contributed by atoms with Crippen molar-refractivity contribution in [2.75, 3.05) is 51.8 Å². The van der Waals surface area contributed by atoms with Crippen molar-refractivity contribution < 1.29 is 42.1 Å². The Balaban J connectivity index is 1.28. The first-order valence-electron chi connectivity index (χ1n) is 17.6. The number of hydrogen-bond donors (Lipinski definition) is 3. The minimum absolute atomic E-state index is 0.0523. The molecule has 286 valence electrons. The van der Waals surface area contributed by atoms with E-state index < -0.39 is 46.1 Å². The highest BCUT2D eigenvalue weighted by molar-refractivity contribution is 7.89. The number of hydrogen-bond acceptors (Lipinski definition) is 12. The maximum absolute atomic E-state index is 14.2. The SMILES string of the molecule is CC(C)CN(C[C@@H](O)[C@H](Cc1ccccc1)NC(=O)O[C@H]1CO[C@H]2OCC[C@H]21)S(=O)(=O)c1ccc2nc(NCCN(C)C(=O)OC(C)(C)C)sc2c1. The maximum Gasteiger partial charge on any atom is 0.410 e. The van der Waals surface area contributed by atoms with Crippen molar-refractivity contribution >= 4 is 48.9 Å². The predicted molar refractivity (Wildman–Crippen MR) is 198 cm³/mol. The van der Waals surface area contributed by atoms with Crippen LogP contribution in [0.2, 0.25) is 0 Å². The highest BCUT2D eigenvalue weighted by Crippen LogP contribution is 2.33. The van der Waals surface area contributed by atoms with Gasteiger partial charge in [-0.1, -0.05) is 55.5 Å². The van der Waals surface area contributed by atoms with Crippen LogP contribution < -0.4 is 10.6 Å². The van der Waals surface area contributed by atoms with Crippen LogP contribution in [0.1, 0.15) is 46.6 Å². The summed E-state index contributed by atoms with van der Waals surface area (Å²) in [5.74, 6) is -0.110. The Bertz CT molecular complexity index is 1770. The van der Waals surface area contributed by atoms with Crippen LogP contribution in [0.5, 0.6) is 0 Å². The average Bonchev–Trinajstić information content (AvgIpc) is 3.80. The number of fused-ring (bicyclic) bond motifs is 2. The van der Waals surface area contributed by atoms with Gasteiger partial charge in [0.2, 0.25) is 10.0 Å². The highest BCUT2D eigenvalue weighted by Gasteiger charge is 2.44. The van der Waals surface area contributed by atoms with Crippen molar-refractivity contribution in [3.05, 3.63) is 54.1 Å². The molecule has 5 rings (SSSR count). The third-order valence-corrected chi connectivity index (χ3v) is 11.5.